The van der Waals surface area contributed by atoms with Gasteiger partial charge in [0.2, 0.25) is 0 Å². The average Bonchev–Trinajstić information content (AvgIpc) is 2.81. The molecule has 0 aliphatic carbocycles. The summed E-state index contributed by atoms with van der Waals surface area (Å²) in [4.78, 5) is 16.2. The number of nitrogens with zero attached hydrogens (tertiary/aromatic N) is 3. The number of H-pyrrole nitrogens is 1. The highest BCUT2D eigenvalue weighted by atomic mass is 16.2. The van der Waals surface area contributed by atoms with Crippen LogP contribution in [-0.2, 0) is 0 Å². The first kappa shape index (κ1) is 11.1. The maximum atomic E-state index is 12.0. The monoisotopic (exact) mass is 222 g/mol. The maximum Gasteiger partial charge on any atom is 0.271 e. The summed E-state index contributed by atoms with van der Waals surface area (Å²) in [6.45, 7) is 7.89. The van der Waals surface area contributed by atoms with Gasteiger partial charge in [-0.25, -0.2) is 0 Å². The van der Waals surface area contributed by atoms with Gasteiger partial charge in [-0.05, 0) is 19.9 Å². The Morgan fingerprint density at radius 3 is 2.56 bits per heavy atom. The van der Waals surface area contributed by atoms with Crippen molar-refractivity contribution < 1.29 is 4.79 Å². The molecule has 5 nitrogen and oxygen atoms in total. The van der Waals surface area contributed by atoms with E-state index in [1.807, 2.05) is 4.90 Å². The number of nitrogens with one attached hydrogen (secondary N) is 1. The van der Waals surface area contributed by atoms with Gasteiger partial charge in [0, 0.05) is 38.4 Å². The summed E-state index contributed by atoms with van der Waals surface area (Å²) in [6, 6.07) is 2.28. The Balaban J connectivity index is 1.92. The molecule has 2 heterocycles. The summed E-state index contributed by atoms with van der Waals surface area (Å²) < 4.78 is 0. The van der Waals surface area contributed by atoms with Gasteiger partial charge in [-0.3, -0.25) is 14.8 Å². The van der Waals surface area contributed by atoms with Crippen molar-refractivity contribution in [3.8, 4) is 0 Å². The number of carbonyl (C=O) groups is 1. The topological polar surface area (TPSA) is 52.2 Å². The predicted octanol–water partition coefficient (Wildman–Crippen LogP) is 0.576. The van der Waals surface area contributed by atoms with E-state index in [0.717, 1.165) is 26.2 Å². The molecule has 0 unspecified atom stereocenters. The van der Waals surface area contributed by atoms with Crippen LogP contribution < -0.4 is 0 Å². The summed E-state index contributed by atoms with van der Waals surface area (Å²) in [6.07, 6.45) is 1.61. The van der Waals surface area contributed by atoms with Gasteiger partial charge in [0.05, 0.1) is 0 Å². The van der Waals surface area contributed by atoms with E-state index in [2.05, 4.69) is 28.9 Å². The number of aromatic amines is 1. The molecular weight excluding hydrogens is 204 g/mol. The fourth-order valence-electron chi connectivity index (χ4n) is 1.99. The van der Waals surface area contributed by atoms with Crippen LogP contribution >= 0.6 is 0 Å². The van der Waals surface area contributed by atoms with Crippen LogP contribution in [0, 0.1) is 0 Å². The Bertz CT molecular complexity index is 339. The number of amides is 1. The number of piperazine rings is 1. The van der Waals surface area contributed by atoms with E-state index in [0.29, 0.717) is 11.7 Å². The predicted molar refractivity (Wildman–Crippen MR) is 61.2 cm³/mol. The van der Waals surface area contributed by atoms with E-state index < -0.39 is 0 Å². The third kappa shape index (κ3) is 2.24. The lowest BCUT2D eigenvalue weighted by molar-refractivity contribution is 0.0590. The van der Waals surface area contributed by atoms with Crippen LogP contribution in [0.5, 0.6) is 0 Å². The highest BCUT2D eigenvalue weighted by molar-refractivity contribution is 5.92. The highest BCUT2D eigenvalue weighted by Gasteiger charge is 2.23. The molecule has 88 valence electrons. The van der Waals surface area contributed by atoms with Gasteiger partial charge < -0.3 is 4.90 Å². The Labute approximate surface area is 95.4 Å². The maximum absolute atomic E-state index is 12.0. The Hall–Kier alpha value is -1.36. The molecule has 0 saturated carbocycles. The van der Waals surface area contributed by atoms with Crippen LogP contribution in [0.2, 0.25) is 0 Å². The molecule has 2 rings (SSSR count). The minimum absolute atomic E-state index is 0.0564. The summed E-state index contributed by atoms with van der Waals surface area (Å²) in [5.74, 6) is 0.0564. The van der Waals surface area contributed by atoms with Crippen molar-refractivity contribution in [2.75, 3.05) is 26.2 Å². The summed E-state index contributed by atoms with van der Waals surface area (Å²) in [7, 11) is 0. The first-order valence-electron chi connectivity index (χ1n) is 5.71. The van der Waals surface area contributed by atoms with E-state index in [-0.39, 0.29) is 5.91 Å². The molecule has 0 bridgehead atoms. The van der Waals surface area contributed by atoms with Crippen molar-refractivity contribution in [1.29, 1.82) is 0 Å². The minimum atomic E-state index is 0.0564. The fourth-order valence-corrected chi connectivity index (χ4v) is 1.99. The standard InChI is InChI=1S/C11H18N4O/c1-9(2)14-5-7-15(8-6-14)11(16)10-3-4-12-13-10/h3-4,9H,5-8H2,1-2H3,(H,12,13). The quantitative estimate of drug-likeness (QED) is 0.796. The van der Waals surface area contributed by atoms with Crippen LogP contribution in [0.25, 0.3) is 0 Å². The van der Waals surface area contributed by atoms with Gasteiger partial charge in [-0.1, -0.05) is 0 Å². The third-order valence-electron chi connectivity index (χ3n) is 3.06. The largest absolute Gasteiger partial charge is 0.335 e. The van der Waals surface area contributed by atoms with E-state index >= 15 is 0 Å². The van der Waals surface area contributed by atoms with Crippen molar-refractivity contribution >= 4 is 5.91 Å². The lowest BCUT2D eigenvalue weighted by Crippen LogP contribution is -2.50. The molecule has 1 aliphatic heterocycles. The van der Waals surface area contributed by atoms with E-state index in [1.165, 1.54) is 0 Å². The number of carbonyl (C=O) groups excluding carboxylic acids is 1. The first-order chi connectivity index (χ1) is 7.68. The molecule has 1 amide bonds. The molecule has 0 atom stereocenters. The average molecular weight is 222 g/mol. The molecule has 0 aromatic carbocycles. The second-order valence-corrected chi connectivity index (χ2v) is 4.39. The van der Waals surface area contributed by atoms with Crippen LogP contribution in [0.1, 0.15) is 24.3 Å². The lowest BCUT2D eigenvalue weighted by atomic mass is 10.2. The van der Waals surface area contributed by atoms with Crippen LogP contribution in [0.3, 0.4) is 0 Å². The molecule has 1 aromatic heterocycles. The third-order valence-corrected chi connectivity index (χ3v) is 3.06. The Kier molecular flexibility index (Phi) is 3.24. The minimum Gasteiger partial charge on any atom is -0.335 e. The van der Waals surface area contributed by atoms with Gasteiger partial charge >= 0.3 is 0 Å². The second-order valence-electron chi connectivity index (χ2n) is 4.39. The molecule has 1 fully saturated rings. The lowest BCUT2D eigenvalue weighted by Gasteiger charge is -2.36. The van der Waals surface area contributed by atoms with Gasteiger partial charge in [0.1, 0.15) is 5.69 Å². The van der Waals surface area contributed by atoms with Crippen LogP contribution in [0.4, 0.5) is 0 Å². The number of rotatable bonds is 2. The number of aromatic nitrogens is 2. The van der Waals surface area contributed by atoms with Crippen molar-refractivity contribution in [2.45, 2.75) is 19.9 Å². The molecular formula is C11H18N4O. The molecule has 0 radical (unpaired) electrons. The zero-order chi connectivity index (χ0) is 11.5. The number of hydrogen-bond donors (Lipinski definition) is 1. The number of hydrogen-bond acceptors (Lipinski definition) is 3. The van der Waals surface area contributed by atoms with Gasteiger partial charge in [-0.2, -0.15) is 5.10 Å². The SMILES string of the molecule is CC(C)N1CCN(C(=O)c2ccn[nH]2)CC1. The first-order valence-corrected chi connectivity index (χ1v) is 5.71. The summed E-state index contributed by atoms with van der Waals surface area (Å²) >= 11 is 0. The smallest absolute Gasteiger partial charge is 0.271 e. The Morgan fingerprint density at radius 2 is 2.06 bits per heavy atom. The van der Waals surface area contributed by atoms with Gasteiger partial charge in [0.15, 0.2) is 0 Å². The van der Waals surface area contributed by atoms with Crippen molar-refractivity contribution in [1.82, 2.24) is 20.0 Å². The van der Waals surface area contributed by atoms with Gasteiger partial charge in [-0.15, -0.1) is 0 Å². The molecule has 16 heavy (non-hydrogen) atoms. The van der Waals surface area contributed by atoms with Crippen molar-refractivity contribution in [2.24, 2.45) is 0 Å². The van der Waals surface area contributed by atoms with E-state index in [1.54, 1.807) is 12.3 Å². The molecule has 1 N–H and O–H groups in total. The normalized spacial score (nSPS) is 18.1. The Morgan fingerprint density at radius 1 is 1.38 bits per heavy atom. The van der Waals surface area contributed by atoms with Crippen molar-refractivity contribution in [3.63, 3.8) is 0 Å². The zero-order valence-corrected chi connectivity index (χ0v) is 9.81. The molecule has 1 aliphatic rings. The summed E-state index contributed by atoms with van der Waals surface area (Å²) in [5.41, 5.74) is 0.581. The molecule has 1 aromatic rings. The molecule has 1 saturated heterocycles. The van der Waals surface area contributed by atoms with E-state index in [4.69, 9.17) is 0 Å². The van der Waals surface area contributed by atoms with Crippen LogP contribution in [-0.4, -0.2) is 58.1 Å². The zero-order valence-electron chi connectivity index (χ0n) is 9.81. The fraction of sp³-hybridized carbons (Fsp3) is 0.636. The molecule has 0 spiro atoms. The van der Waals surface area contributed by atoms with Crippen molar-refractivity contribution in [3.05, 3.63) is 18.0 Å². The van der Waals surface area contributed by atoms with E-state index in [9.17, 15) is 4.79 Å². The van der Waals surface area contributed by atoms with Crippen LogP contribution in [0.15, 0.2) is 12.3 Å². The molecule has 5 heteroatoms. The van der Waals surface area contributed by atoms with Gasteiger partial charge in [0.25, 0.3) is 5.91 Å². The summed E-state index contributed by atoms with van der Waals surface area (Å²) in [5, 5.41) is 6.51. The highest BCUT2D eigenvalue weighted by Crippen LogP contribution is 2.08. The second kappa shape index (κ2) is 4.65.